The van der Waals surface area contributed by atoms with E-state index in [1.807, 2.05) is 14.0 Å². The van der Waals surface area contributed by atoms with Gasteiger partial charge in [-0.1, -0.05) is 12.2 Å². The van der Waals surface area contributed by atoms with E-state index < -0.39 is 12.1 Å². The average Bonchev–Trinajstić information content (AvgIpc) is 2.17. The lowest BCUT2D eigenvalue weighted by molar-refractivity contribution is -0.184. The first-order chi connectivity index (χ1) is 7.36. The summed E-state index contributed by atoms with van der Waals surface area (Å²) < 4.78 is 37.4. The Hall–Kier alpha value is -0.510. The van der Waals surface area contributed by atoms with Crippen LogP contribution in [0.5, 0.6) is 0 Å². The minimum Gasteiger partial charge on any atom is -0.313 e. The largest absolute Gasteiger partial charge is 0.391 e. The van der Waals surface area contributed by atoms with Gasteiger partial charge in [0.2, 0.25) is 0 Å². The molecule has 0 heterocycles. The van der Waals surface area contributed by atoms with E-state index in [1.165, 1.54) is 0 Å². The Morgan fingerprint density at radius 2 is 1.75 bits per heavy atom. The molecule has 0 aliphatic heterocycles. The summed E-state index contributed by atoms with van der Waals surface area (Å²) in [6.45, 7) is 5.81. The highest BCUT2D eigenvalue weighted by Crippen LogP contribution is 2.40. The van der Waals surface area contributed by atoms with Gasteiger partial charge in [-0.3, -0.25) is 0 Å². The Bertz CT molecular complexity index is 239. The Balaban J connectivity index is 2.51. The van der Waals surface area contributed by atoms with Crippen molar-refractivity contribution in [2.24, 2.45) is 11.8 Å². The van der Waals surface area contributed by atoms with Crippen molar-refractivity contribution in [2.75, 3.05) is 7.05 Å². The topological polar surface area (TPSA) is 12.0 Å². The van der Waals surface area contributed by atoms with Gasteiger partial charge in [0.25, 0.3) is 0 Å². The zero-order valence-electron chi connectivity index (χ0n) is 9.90. The van der Waals surface area contributed by atoms with Crippen molar-refractivity contribution < 1.29 is 13.2 Å². The third kappa shape index (κ3) is 3.24. The van der Waals surface area contributed by atoms with Crippen LogP contribution in [-0.4, -0.2) is 19.3 Å². The standard InChI is InChI=1S/C12H20F3N/c1-8(2)11(16-3)9-4-6-10(7-5-9)12(13,14)15/h9-11,16H,1,4-7H2,2-3H3. The molecule has 1 nitrogen and oxygen atoms in total. The molecule has 0 radical (unpaired) electrons. The van der Waals surface area contributed by atoms with Crippen molar-refractivity contribution in [1.82, 2.24) is 5.32 Å². The second-order valence-corrected chi connectivity index (χ2v) is 4.77. The lowest BCUT2D eigenvalue weighted by atomic mass is 9.77. The van der Waals surface area contributed by atoms with Crippen LogP contribution < -0.4 is 5.32 Å². The molecule has 0 saturated heterocycles. The Kier molecular flexibility index (Phi) is 4.42. The van der Waals surface area contributed by atoms with Gasteiger partial charge >= 0.3 is 6.18 Å². The fourth-order valence-electron chi connectivity index (χ4n) is 2.66. The molecule has 94 valence electrons. The van der Waals surface area contributed by atoms with Crippen molar-refractivity contribution in [1.29, 1.82) is 0 Å². The van der Waals surface area contributed by atoms with Crippen LogP contribution in [0.3, 0.4) is 0 Å². The molecule has 1 fully saturated rings. The normalized spacial score (nSPS) is 28.8. The minimum atomic E-state index is -4.01. The zero-order valence-corrected chi connectivity index (χ0v) is 9.90. The van der Waals surface area contributed by atoms with Gasteiger partial charge in [-0.05, 0) is 45.6 Å². The first-order valence-corrected chi connectivity index (χ1v) is 5.75. The summed E-state index contributed by atoms with van der Waals surface area (Å²) in [6.07, 6.45) is -2.20. The second kappa shape index (κ2) is 5.21. The maximum atomic E-state index is 12.5. The van der Waals surface area contributed by atoms with Crippen LogP contribution in [-0.2, 0) is 0 Å². The number of halogens is 3. The predicted octanol–water partition coefficient (Wildman–Crippen LogP) is 3.52. The number of rotatable bonds is 3. The van der Waals surface area contributed by atoms with Crippen LogP contribution in [0.15, 0.2) is 12.2 Å². The van der Waals surface area contributed by atoms with Crippen LogP contribution in [0.25, 0.3) is 0 Å². The first kappa shape index (κ1) is 13.6. The lowest BCUT2D eigenvalue weighted by Gasteiger charge is -2.34. The van der Waals surface area contributed by atoms with Gasteiger partial charge in [0.1, 0.15) is 0 Å². The van der Waals surface area contributed by atoms with E-state index in [2.05, 4.69) is 11.9 Å². The molecule has 16 heavy (non-hydrogen) atoms. The van der Waals surface area contributed by atoms with Crippen molar-refractivity contribution >= 4 is 0 Å². The van der Waals surface area contributed by atoms with Crippen LogP contribution in [0.2, 0.25) is 0 Å². The fourth-order valence-corrected chi connectivity index (χ4v) is 2.66. The molecule has 4 heteroatoms. The van der Waals surface area contributed by atoms with Gasteiger partial charge in [-0.25, -0.2) is 0 Å². The molecule has 0 aromatic carbocycles. The van der Waals surface area contributed by atoms with E-state index in [0.717, 1.165) is 5.57 Å². The minimum absolute atomic E-state index is 0.161. The van der Waals surface area contributed by atoms with Crippen LogP contribution in [0.1, 0.15) is 32.6 Å². The molecule has 1 atom stereocenters. The number of hydrogen-bond acceptors (Lipinski definition) is 1. The maximum absolute atomic E-state index is 12.5. The Labute approximate surface area is 95.1 Å². The molecule has 0 bridgehead atoms. The van der Waals surface area contributed by atoms with Gasteiger partial charge < -0.3 is 5.32 Å². The van der Waals surface area contributed by atoms with E-state index in [0.29, 0.717) is 18.8 Å². The average molecular weight is 235 g/mol. The van der Waals surface area contributed by atoms with E-state index in [4.69, 9.17) is 0 Å². The Morgan fingerprint density at radius 1 is 1.25 bits per heavy atom. The van der Waals surface area contributed by atoms with Crippen molar-refractivity contribution in [3.05, 3.63) is 12.2 Å². The first-order valence-electron chi connectivity index (χ1n) is 5.75. The monoisotopic (exact) mass is 235 g/mol. The third-order valence-electron chi connectivity index (χ3n) is 3.55. The number of hydrogen-bond donors (Lipinski definition) is 1. The van der Waals surface area contributed by atoms with Crippen LogP contribution in [0, 0.1) is 11.8 Å². The quantitative estimate of drug-likeness (QED) is 0.738. The summed E-state index contributed by atoms with van der Waals surface area (Å²) in [7, 11) is 1.84. The highest BCUT2D eigenvalue weighted by Gasteiger charge is 2.42. The van der Waals surface area contributed by atoms with E-state index in [-0.39, 0.29) is 18.9 Å². The number of alkyl halides is 3. The molecule has 1 aliphatic carbocycles. The summed E-state index contributed by atoms with van der Waals surface area (Å²) in [6, 6.07) is 0.161. The van der Waals surface area contributed by atoms with Gasteiger partial charge in [0.05, 0.1) is 5.92 Å². The summed E-state index contributed by atoms with van der Waals surface area (Å²) >= 11 is 0. The van der Waals surface area contributed by atoms with Crippen molar-refractivity contribution in [2.45, 2.75) is 44.8 Å². The molecule has 0 aromatic rings. The molecule has 1 unspecified atom stereocenters. The van der Waals surface area contributed by atoms with Crippen LogP contribution >= 0.6 is 0 Å². The molecule has 0 amide bonds. The highest BCUT2D eigenvalue weighted by atomic mass is 19.4. The summed E-state index contributed by atoms with van der Waals surface area (Å²) in [5, 5.41) is 3.14. The Morgan fingerprint density at radius 3 is 2.06 bits per heavy atom. The van der Waals surface area contributed by atoms with E-state index >= 15 is 0 Å². The molecule has 1 rings (SSSR count). The summed E-state index contributed by atoms with van der Waals surface area (Å²) in [5.74, 6) is -0.785. The smallest absolute Gasteiger partial charge is 0.313 e. The predicted molar refractivity (Wildman–Crippen MR) is 59.2 cm³/mol. The van der Waals surface area contributed by atoms with Crippen molar-refractivity contribution in [3.8, 4) is 0 Å². The number of nitrogens with one attached hydrogen (secondary N) is 1. The lowest BCUT2D eigenvalue weighted by Crippen LogP contribution is -2.38. The zero-order chi connectivity index (χ0) is 12.3. The van der Waals surface area contributed by atoms with Gasteiger partial charge in [0.15, 0.2) is 0 Å². The van der Waals surface area contributed by atoms with E-state index in [1.54, 1.807) is 0 Å². The SMILES string of the molecule is C=C(C)C(NC)C1CCC(C(F)(F)F)CC1. The van der Waals surface area contributed by atoms with Gasteiger partial charge in [-0.15, -0.1) is 0 Å². The fraction of sp³-hybridized carbons (Fsp3) is 0.833. The summed E-state index contributed by atoms with van der Waals surface area (Å²) in [5.41, 5.74) is 1.01. The van der Waals surface area contributed by atoms with E-state index in [9.17, 15) is 13.2 Å². The third-order valence-corrected chi connectivity index (χ3v) is 3.55. The summed E-state index contributed by atoms with van der Waals surface area (Å²) in [4.78, 5) is 0. The molecule has 1 aliphatic rings. The molecular weight excluding hydrogens is 215 g/mol. The molecule has 0 spiro atoms. The van der Waals surface area contributed by atoms with Crippen molar-refractivity contribution in [3.63, 3.8) is 0 Å². The highest BCUT2D eigenvalue weighted by molar-refractivity contribution is 5.04. The number of likely N-dealkylation sites (N-methyl/N-ethyl adjacent to an activating group) is 1. The maximum Gasteiger partial charge on any atom is 0.391 e. The molecule has 1 saturated carbocycles. The van der Waals surface area contributed by atoms with Gasteiger partial charge in [-0.2, -0.15) is 13.2 Å². The second-order valence-electron chi connectivity index (χ2n) is 4.77. The molecular formula is C12H20F3N. The molecule has 1 N–H and O–H groups in total. The van der Waals surface area contributed by atoms with Crippen LogP contribution in [0.4, 0.5) is 13.2 Å². The van der Waals surface area contributed by atoms with Gasteiger partial charge in [0, 0.05) is 6.04 Å². The molecule has 0 aromatic heterocycles.